The van der Waals surface area contributed by atoms with Crippen LogP contribution >= 0.6 is 11.3 Å². The fourth-order valence-corrected chi connectivity index (χ4v) is 3.87. The van der Waals surface area contributed by atoms with Gasteiger partial charge in [-0.25, -0.2) is 0 Å². The SMILES string of the molecule is CC(C)c1sc(C(C)C)c2c1CCC2. The van der Waals surface area contributed by atoms with Crippen molar-refractivity contribution in [3.05, 3.63) is 20.9 Å². The van der Waals surface area contributed by atoms with Gasteiger partial charge in [-0.15, -0.1) is 11.3 Å². The average molecular weight is 208 g/mol. The zero-order valence-corrected chi connectivity index (χ0v) is 10.5. The first-order valence-corrected chi connectivity index (χ1v) is 6.57. The van der Waals surface area contributed by atoms with Crippen LogP contribution in [0.2, 0.25) is 0 Å². The van der Waals surface area contributed by atoms with Crippen molar-refractivity contribution in [3.8, 4) is 0 Å². The van der Waals surface area contributed by atoms with Crippen LogP contribution in [0.4, 0.5) is 0 Å². The first kappa shape index (κ1) is 10.2. The van der Waals surface area contributed by atoms with Crippen molar-refractivity contribution in [2.24, 2.45) is 0 Å². The van der Waals surface area contributed by atoms with Crippen LogP contribution in [0.25, 0.3) is 0 Å². The fraction of sp³-hybridized carbons (Fsp3) is 0.692. The summed E-state index contributed by atoms with van der Waals surface area (Å²) >= 11 is 2.08. The zero-order chi connectivity index (χ0) is 10.3. The largest absolute Gasteiger partial charge is 0.144 e. The molecule has 0 aromatic carbocycles. The van der Waals surface area contributed by atoms with E-state index in [1.54, 1.807) is 20.9 Å². The lowest BCUT2D eigenvalue weighted by Gasteiger charge is -2.04. The molecule has 0 amide bonds. The number of hydrogen-bond acceptors (Lipinski definition) is 1. The Balaban J connectivity index is 2.49. The van der Waals surface area contributed by atoms with Gasteiger partial charge >= 0.3 is 0 Å². The monoisotopic (exact) mass is 208 g/mol. The van der Waals surface area contributed by atoms with Crippen LogP contribution < -0.4 is 0 Å². The minimum absolute atomic E-state index is 0.722. The summed E-state index contributed by atoms with van der Waals surface area (Å²) in [6, 6.07) is 0. The van der Waals surface area contributed by atoms with Crippen molar-refractivity contribution in [2.45, 2.75) is 58.8 Å². The van der Waals surface area contributed by atoms with E-state index < -0.39 is 0 Å². The second-order valence-electron chi connectivity index (χ2n) is 4.95. The second-order valence-corrected chi connectivity index (χ2v) is 6.03. The Hall–Kier alpha value is -0.300. The highest BCUT2D eigenvalue weighted by molar-refractivity contribution is 7.12. The van der Waals surface area contributed by atoms with Gasteiger partial charge in [0.15, 0.2) is 0 Å². The first-order chi connectivity index (χ1) is 6.61. The van der Waals surface area contributed by atoms with E-state index in [-0.39, 0.29) is 0 Å². The second kappa shape index (κ2) is 3.69. The molecule has 14 heavy (non-hydrogen) atoms. The predicted molar refractivity (Wildman–Crippen MR) is 64.5 cm³/mol. The highest BCUT2D eigenvalue weighted by Crippen LogP contribution is 2.42. The molecule has 0 atom stereocenters. The van der Waals surface area contributed by atoms with Crippen LogP contribution in [0.1, 0.15) is 66.8 Å². The molecule has 1 aliphatic rings. The normalized spacial score (nSPS) is 15.6. The summed E-state index contributed by atoms with van der Waals surface area (Å²) in [5, 5.41) is 0. The van der Waals surface area contributed by atoms with Crippen LogP contribution in [-0.4, -0.2) is 0 Å². The lowest BCUT2D eigenvalue weighted by Crippen LogP contribution is -1.88. The molecule has 0 radical (unpaired) electrons. The van der Waals surface area contributed by atoms with Crippen LogP contribution in [0.15, 0.2) is 0 Å². The Bertz CT molecular complexity index is 301. The molecule has 1 aromatic rings. The molecule has 1 heteroatoms. The van der Waals surface area contributed by atoms with Crippen molar-refractivity contribution in [1.29, 1.82) is 0 Å². The Morgan fingerprint density at radius 3 is 1.64 bits per heavy atom. The van der Waals surface area contributed by atoms with Gasteiger partial charge in [-0.3, -0.25) is 0 Å². The molecule has 0 unspecified atom stereocenters. The van der Waals surface area contributed by atoms with Crippen molar-refractivity contribution < 1.29 is 0 Å². The van der Waals surface area contributed by atoms with Gasteiger partial charge in [0.05, 0.1) is 0 Å². The molecular formula is C13H20S. The Kier molecular flexibility index (Phi) is 2.70. The third-order valence-corrected chi connectivity index (χ3v) is 4.96. The van der Waals surface area contributed by atoms with Crippen LogP contribution in [-0.2, 0) is 12.8 Å². The Morgan fingerprint density at radius 2 is 1.29 bits per heavy atom. The maximum Gasteiger partial charge on any atom is 0.0109 e. The molecular weight excluding hydrogens is 188 g/mol. The number of hydrogen-bond donors (Lipinski definition) is 0. The van der Waals surface area contributed by atoms with Crippen LogP contribution in [0, 0.1) is 0 Å². The molecule has 0 nitrogen and oxygen atoms in total. The van der Waals surface area contributed by atoms with Crippen molar-refractivity contribution in [1.82, 2.24) is 0 Å². The molecule has 0 bridgehead atoms. The molecule has 0 saturated heterocycles. The van der Waals surface area contributed by atoms with Gasteiger partial charge in [0.2, 0.25) is 0 Å². The van der Waals surface area contributed by atoms with Crippen molar-refractivity contribution in [2.75, 3.05) is 0 Å². The fourth-order valence-electron chi connectivity index (χ4n) is 2.46. The van der Waals surface area contributed by atoms with Crippen molar-refractivity contribution in [3.63, 3.8) is 0 Å². The molecule has 1 heterocycles. The lowest BCUT2D eigenvalue weighted by atomic mass is 10.0. The Labute approximate surface area is 91.4 Å². The molecule has 0 aliphatic heterocycles. The Morgan fingerprint density at radius 1 is 0.857 bits per heavy atom. The van der Waals surface area contributed by atoms with Gasteiger partial charge in [-0.2, -0.15) is 0 Å². The van der Waals surface area contributed by atoms with Gasteiger partial charge in [-0.1, -0.05) is 27.7 Å². The highest BCUT2D eigenvalue weighted by Gasteiger charge is 2.24. The summed E-state index contributed by atoms with van der Waals surface area (Å²) in [6.07, 6.45) is 4.07. The van der Waals surface area contributed by atoms with E-state index in [4.69, 9.17) is 0 Å². The van der Waals surface area contributed by atoms with E-state index in [0.717, 1.165) is 11.8 Å². The van der Waals surface area contributed by atoms with E-state index in [2.05, 4.69) is 39.0 Å². The van der Waals surface area contributed by atoms with E-state index in [9.17, 15) is 0 Å². The van der Waals surface area contributed by atoms with Crippen LogP contribution in [0.5, 0.6) is 0 Å². The van der Waals surface area contributed by atoms with E-state index in [1.807, 2.05) is 0 Å². The highest BCUT2D eigenvalue weighted by atomic mass is 32.1. The summed E-state index contributed by atoms with van der Waals surface area (Å²) in [6.45, 7) is 9.31. The number of rotatable bonds is 2. The van der Waals surface area contributed by atoms with Gasteiger partial charge in [0.25, 0.3) is 0 Å². The summed E-state index contributed by atoms with van der Waals surface area (Å²) < 4.78 is 0. The van der Waals surface area contributed by atoms with Gasteiger partial charge in [0.1, 0.15) is 0 Å². The van der Waals surface area contributed by atoms with Gasteiger partial charge < -0.3 is 0 Å². The average Bonchev–Trinajstić information content (AvgIpc) is 2.59. The quantitative estimate of drug-likeness (QED) is 0.672. The van der Waals surface area contributed by atoms with E-state index in [1.165, 1.54) is 19.3 Å². The number of thiophene rings is 1. The summed E-state index contributed by atoms with van der Waals surface area (Å²) in [4.78, 5) is 3.34. The molecule has 1 aromatic heterocycles. The predicted octanol–water partition coefficient (Wildman–Crippen LogP) is 4.48. The third-order valence-electron chi connectivity index (χ3n) is 3.08. The van der Waals surface area contributed by atoms with Gasteiger partial charge in [-0.05, 0) is 42.2 Å². The molecule has 0 fully saturated rings. The summed E-state index contributed by atoms with van der Waals surface area (Å²) in [7, 11) is 0. The maximum absolute atomic E-state index is 2.33. The zero-order valence-electron chi connectivity index (χ0n) is 9.68. The van der Waals surface area contributed by atoms with Crippen molar-refractivity contribution >= 4 is 11.3 Å². The number of fused-ring (bicyclic) bond motifs is 1. The maximum atomic E-state index is 2.33. The molecule has 0 spiro atoms. The molecule has 2 rings (SSSR count). The first-order valence-electron chi connectivity index (χ1n) is 5.75. The minimum atomic E-state index is 0.722. The lowest BCUT2D eigenvalue weighted by molar-refractivity contribution is 0.845. The summed E-state index contributed by atoms with van der Waals surface area (Å²) in [5.74, 6) is 1.44. The molecule has 0 N–H and O–H groups in total. The summed E-state index contributed by atoms with van der Waals surface area (Å²) in [5.41, 5.74) is 3.43. The smallest absolute Gasteiger partial charge is 0.0109 e. The molecule has 0 saturated carbocycles. The standard InChI is InChI=1S/C13H20S/c1-8(2)12-10-6-5-7-11(10)13(14-12)9(3)4/h8-9H,5-7H2,1-4H3. The third kappa shape index (κ3) is 1.52. The topological polar surface area (TPSA) is 0 Å². The van der Waals surface area contributed by atoms with Crippen LogP contribution in [0.3, 0.4) is 0 Å². The molecule has 1 aliphatic carbocycles. The van der Waals surface area contributed by atoms with Gasteiger partial charge in [0, 0.05) is 9.75 Å². The van der Waals surface area contributed by atoms with E-state index in [0.29, 0.717) is 0 Å². The minimum Gasteiger partial charge on any atom is -0.144 e. The molecule has 78 valence electrons. The van der Waals surface area contributed by atoms with E-state index >= 15 is 0 Å².